The highest BCUT2D eigenvalue weighted by atomic mass is 16.9. The number of aliphatic carboxylic acids is 1. The average molecular weight is 505 g/mol. The summed E-state index contributed by atoms with van der Waals surface area (Å²) >= 11 is 0. The van der Waals surface area contributed by atoms with Crippen LogP contribution in [-0.4, -0.2) is 74.1 Å². The lowest BCUT2D eigenvalue weighted by molar-refractivity contribution is -0.758. The fourth-order valence-electron chi connectivity index (χ4n) is 3.50. The Kier molecular flexibility index (Phi) is 11.4. The number of para-hydroxylation sites is 1. The number of benzene rings is 2. The lowest BCUT2D eigenvalue weighted by Gasteiger charge is -2.24. The Hall–Kier alpha value is -3.86. The Bertz CT molecular complexity index is 1010. The van der Waals surface area contributed by atoms with Crippen LogP contribution >= 0.6 is 0 Å². The summed E-state index contributed by atoms with van der Waals surface area (Å²) in [5, 5.41) is 18.5. The van der Waals surface area contributed by atoms with E-state index in [-0.39, 0.29) is 6.61 Å². The van der Waals surface area contributed by atoms with Crippen LogP contribution < -0.4 is 9.47 Å². The molecule has 0 aliphatic carbocycles. The van der Waals surface area contributed by atoms with Crippen molar-refractivity contribution in [1.82, 2.24) is 4.90 Å². The molecule has 2 rings (SSSR count). The quantitative estimate of drug-likeness (QED) is 0.206. The number of carboxylic acid groups (broad SMARTS) is 1. The van der Waals surface area contributed by atoms with Crippen LogP contribution in [0.5, 0.6) is 11.5 Å². The molecule has 0 aliphatic rings. The second-order valence-corrected chi connectivity index (χ2v) is 8.41. The van der Waals surface area contributed by atoms with Gasteiger partial charge in [-0.3, -0.25) is 9.59 Å². The maximum absolute atomic E-state index is 12.6. The van der Waals surface area contributed by atoms with Crippen molar-refractivity contribution in [3.8, 4) is 11.5 Å². The van der Waals surface area contributed by atoms with Gasteiger partial charge in [-0.1, -0.05) is 30.3 Å². The summed E-state index contributed by atoms with van der Waals surface area (Å²) in [4.78, 5) is 40.2. The van der Waals surface area contributed by atoms with Gasteiger partial charge >= 0.3 is 11.9 Å². The van der Waals surface area contributed by atoms with Gasteiger partial charge in [-0.05, 0) is 56.3 Å². The lowest BCUT2D eigenvalue weighted by atomic mass is 10.0. The normalized spacial score (nSPS) is 12.4. The van der Waals surface area contributed by atoms with Gasteiger partial charge in [-0.25, -0.2) is 0 Å². The van der Waals surface area contributed by atoms with Gasteiger partial charge in [0.15, 0.2) is 0 Å². The van der Waals surface area contributed by atoms with E-state index in [1.807, 2.05) is 48.5 Å². The number of aryl methyl sites for hydroxylation is 2. The van der Waals surface area contributed by atoms with Crippen LogP contribution in [-0.2, 0) is 32.0 Å². The Labute approximate surface area is 209 Å². The monoisotopic (exact) mass is 504 g/mol. The molecule has 11 nitrogen and oxygen atoms in total. The standard InChI is InChI=1S/C25H32N2O9/c1-26(2)15-22(36-25(30)20(14-24(28)29)16-35-27(31)32)17-34-23-10-5-4-8-19(23)12-11-18-7-6-9-21(13-18)33-3/h4-10,13,20,22H,11-12,14-17H2,1-3H3,(H,28,29). The first-order valence-electron chi connectivity index (χ1n) is 11.4. The highest BCUT2D eigenvalue weighted by Gasteiger charge is 2.28. The van der Waals surface area contributed by atoms with Gasteiger partial charge in [0.25, 0.3) is 5.09 Å². The fraction of sp³-hybridized carbons (Fsp3) is 0.440. The second kappa shape index (κ2) is 14.5. The molecule has 2 aromatic carbocycles. The summed E-state index contributed by atoms with van der Waals surface area (Å²) < 4.78 is 16.8. The minimum absolute atomic E-state index is 0.00990. The average Bonchev–Trinajstić information content (AvgIpc) is 2.83. The molecule has 2 atom stereocenters. The first-order valence-corrected chi connectivity index (χ1v) is 11.4. The molecule has 0 heterocycles. The summed E-state index contributed by atoms with van der Waals surface area (Å²) in [5.41, 5.74) is 2.09. The van der Waals surface area contributed by atoms with E-state index in [9.17, 15) is 19.7 Å². The molecule has 2 unspecified atom stereocenters. The van der Waals surface area contributed by atoms with Crippen LogP contribution in [0.3, 0.4) is 0 Å². The van der Waals surface area contributed by atoms with E-state index in [2.05, 4.69) is 4.84 Å². The van der Waals surface area contributed by atoms with Gasteiger partial charge in [0.2, 0.25) is 0 Å². The zero-order valence-electron chi connectivity index (χ0n) is 20.6. The minimum Gasteiger partial charge on any atom is -0.497 e. The van der Waals surface area contributed by atoms with Crippen LogP contribution in [0.25, 0.3) is 0 Å². The van der Waals surface area contributed by atoms with Gasteiger partial charge in [-0.15, -0.1) is 10.1 Å². The van der Waals surface area contributed by atoms with Crippen molar-refractivity contribution in [3.63, 3.8) is 0 Å². The van der Waals surface area contributed by atoms with Gasteiger partial charge < -0.3 is 29.1 Å². The Balaban J connectivity index is 2.05. The van der Waals surface area contributed by atoms with E-state index in [1.165, 1.54) is 0 Å². The van der Waals surface area contributed by atoms with Gasteiger partial charge in [-0.2, -0.15) is 0 Å². The highest BCUT2D eigenvalue weighted by Crippen LogP contribution is 2.22. The predicted molar refractivity (Wildman–Crippen MR) is 129 cm³/mol. The maximum Gasteiger partial charge on any atom is 0.311 e. The lowest BCUT2D eigenvalue weighted by Crippen LogP contribution is -2.38. The number of nitrogens with zero attached hydrogens (tertiary/aromatic N) is 2. The molecule has 11 heteroatoms. The molecule has 2 aromatic rings. The third-order valence-corrected chi connectivity index (χ3v) is 5.20. The largest absolute Gasteiger partial charge is 0.497 e. The van der Waals surface area contributed by atoms with Crippen LogP contribution in [0.15, 0.2) is 48.5 Å². The molecular weight excluding hydrogens is 472 g/mol. The van der Waals surface area contributed by atoms with Crippen molar-refractivity contribution in [3.05, 3.63) is 69.8 Å². The third kappa shape index (κ3) is 10.2. The van der Waals surface area contributed by atoms with E-state index in [0.29, 0.717) is 18.7 Å². The minimum atomic E-state index is -1.33. The van der Waals surface area contributed by atoms with E-state index in [0.717, 1.165) is 23.3 Å². The van der Waals surface area contributed by atoms with Crippen LogP contribution in [0.4, 0.5) is 0 Å². The third-order valence-electron chi connectivity index (χ3n) is 5.20. The zero-order chi connectivity index (χ0) is 26.5. The first kappa shape index (κ1) is 28.4. The summed E-state index contributed by atoms with van der Waals surface area (Å²) in [7, 11) is 5.19. The number of rotatable bonds is 16. The number of methoxy groups -OCH3 is 1. The summed E-state index contributed by atoms with van der Waals surface area (Å²) in [5.74, 6) is -2.10. The molecule has 36 heavy (non-hydrogen) atoms. The van der Waals surface area contributed by atoms with Crippen molar-refractivity contribution in [2.24, 2.45) is 5.92 Å². The molecule has 0 radical (unpaired) electrons. The van der Waals surface area contributed by atoms with Gasteiger partial charge in [0.1, 0.15) is 30.8 Å². The van der Waals surface area contributed by atoms with Crippen LogP contribution in [0.1, 0.15) is 17.5 Å². The molecule has 196 valence electrons. The predicted octanol–water partition coefficient (Wildman–Crippen LogP) is 2.63. The number of carboxylic acids is 1. The van der Waals surface area contributed by atoms with E-state index >= 15 is 0 Å². The summed E-state index contributed by atoms with van der Waals surface area (Å²) in [6, 6.07) is 15.4. The topological polar surface area (TPSA) is 138 Å². The smallest absolute Gasteiger partial charge is 0.311 e. The van der Waals surface area contributed by atoms with Gasteiger partial charge in [0, 0.05) is 6.54 Å². The Morgan fingerprint density at radius 1 is 1.08 bits per heavy atom. The summed E-state index contributed by atoms with van der Waals surface area (Å²) in [6.45, 7) is -0.398. The van der Waals surface area contributed by atoms with Crippen molar-refractivity contribution in [1.29, 1.82) is 0 Å². The number of likely N-dealkylation sites (N-methyl/N-ethyl adjacent to an activating group) is 1. The molecule has 0 fully saturated rings. The molecule has 0 amide bonds. The summed E-state index contributed by atoms with van der Waals surface area (Å²) in [6.07, 6.45) is 0.0716. The second-order valence-electron chi connectivity index (χ2n) is 8.41. The number of carbonyl (C=O) groups excluding carboxylic acids is 1. The Morgan fingerprint density at radius 2 is 1.83 bits per heavy atom. The van der Waals surface area contributed by atoms with Crippen LogP contribution in [0, 0.1) is 16.0 Å². The maximum atomic E-state index is 12.6. The van der Waals surface area contributed by atoms with Gasteiger partial charge in [0.05, 0.1) is 19.4 Å². The molecule has 0 bridgehead atoms. The van der Waals surface area contributed by atoms with Crippen molar-refractivity contribution in [2.45, 2.75) is 25.4 Å². The number of ether oxygens (including phenoxy) is 3. The number of carbonyl (C=O) groups is 2. The Morgan fingerprint density at radius 3 is 2.50 bits per heavy atom. The van der Waals surface area contributed by atoms with Crippen molar-refractivity contribution >= 4 is 11.9 Å². The SMILES string of the molecule is COc1cccc(CCc2ccccc2OCC(CN(C)C)OC(=O)C(CO[N+](=O)[O-])CC(=O)O)c1. The molecular formula is C25H32N2O9. The fourth-order valence-corrected chi connectivity index (χ4v) is 3.50. The van der Waals surface area contributed by atoms with E-state index in [1.54, 1.807) is 26.1 Å². The van der Waals surface area contributed by atoms with Crippen molar-refractivity contribution in [2.75, 3.05) is 41.0 Å². The number of hydrogen-bond donors (Lipinski definition) is 1. The van der Waals surface area contributed by atoms with E-state index in [4.69, 9.17) is 19.3 Å². The molecule has 1 N–H and O–H groups in total. The number of hydrogen-bond acceptors (Lipinski definition) is 9. The molecule has 0 aromatic heterocycles. The molecule has 0 aliphatic heterocycles. The highest BCUT2D eigenvalue weighted by molar-refractivity contribution is 5.79. The van der Waals surface area contributed by atoms with Crippen molar-refractivity contribution < 1.29 is 38.8 Å². The molecule has 0 saturated carbocycles. The van der Waals surface area contributed by atoms with E-state index < -0.39 is 42.1 Å². The first-order chi connectivity index (χ1) is 17.2. The number of esters is 1. The molecule has 0 saturated heterocycles. The van der Waals surface area contributed by atoms with Crippen LogP contribution in [0.2, 0.25) is 0 Å². The zero-order valence-corrected chi connectivity index (χ0v) is 20.6. The molecule has 0 spiro atoms.